The maximum absolute atomic E-state index is 13.1. The highest BCUT2D eigenvalue weighted by Gasteiger charge is 2.46. The SMILES string of the molecule is O=C1CCC2(CCN(Cc3cccs3)CC2)N1Cc1ccc(F)cc1. The third-order valence-electron chi connectivity index (χ3n) is 5.68. The molecule has 1 aromatic heterocycles. The van der Waals surface area contributed by atoms with Crippen LogP contribution in [0.5, 0.6) is 0 Å². The molecular formula is C20H23FN2OS. The monoisotopic (exact) mass is 358 g/mol. The van der Waals surface area contributed by atoms with Gasteiger partial charge in [0.05, 0.1) is 0 Å². The number of halogens is 1. The van der Waals surface area contributed by atoms with Crippen molar-refractivity contribution in [3.63, 3.8) is 0 Å². The zero-order valence-corrected chi connectivity index (χ0v) is 15.1. The van der Waals surface area contributed by atoms with Gasteiger partial charge in [0.25, 0.3) is 0 Å². The Labute approximate surface area is 152 Å². The second-order valence-corrected chi connectivity index (χ2v) is 8.22. The van der Waals surface area contributed by atoms with E-state index in [-0.39, 0.29) is 17.3 Å². The molecule has 2 aromatic rings. The van der Waals surface area contributed by atoms with E-state index in [1.165, 1.54) is 17.0 Å². The lowest BCUT2D eigenvalue weighted by Gasteiger charge is -2.45. The van der Waals surface area contributed by atoms with Crippen LogP contribution in [0, 0.1) is 5.82 Å². The largest absolute Gasteiger partial charge is 0.333 e. The predicted molar refractivity (Wildman–Crippen MR) is 97.7 cm³/mol. The molecule has 1 amide bonds. The number of benzene rings is 1. The molecule has 5 heteroatoms. The molecule has 25 heavy (non-hydrogen) atoms. The highest BCUT2D eigenvalue weighted by atomic mass is 32.1. The first-order chi connectivity index (χ1) is 12.1. The minimum Gasteiger partial charge on any atom is -0.333 e. The first-order valence-electron chi connectivity index (χ1n) is 8.94. The maximum Gasteiger partial charge on any atom is 0.223 e. The van der Waals surface area contributed by atoms with Gasteiger partial charge in [0.2, 0.25) is 5.91 Å². The van der Waals surface area contributed by atoms with Crippen molar-refractivity contribution in [2.45, 2.75) is 44.3 Å². The smallest absolute Gasteiger partial charge is 0.223 e. The fourth-order valence-corrected chi connectivity index (χ4v) is 4.92. The Bertz CT molecular complexity index is 721. The predicted octanol–water partition coefficient (Wildman–Crippen LogP) is 4.04. The van der Waals surface area contributed by atoms with E-state index in [0.717, 1.165) is 44.5 Å². The maximum atomic E-state index is 13.1. The zero-order chi connectivity index (χ0) is 17.3. The zero-order valence-electron chi connectivity index (χ0n) is 14.3. The second kappa shape index (κ2) is 6.89. The van der Waals surface area contributed by atoms with Gasteiger partial charge in [0.15, 0.2) is 0 Å². The Morgan fingerprint density at radius 1 is 1.04 bits per heavy atom. The molecule has 2 saturated heterocycles. The van der Waals surface area contributed by atoms with Crippen molar-refractivity contribution < 1.29 is 9.18 Å². The van der Waals surface area contributed by atoms with Gasteiger partial charge < -0.3 is 4.90 Å². The molecule has 0 radical (unpaired) electrons. The van der Waals surface area contributed by atoms with Gasteiger partial charge in [-0.05, 0) is 48.4 Å². The van der Waals surface area contributed by atoms with Crippen LogP contribution in [-0.4, -0.2) is 34.3 Å². The van der Waals surface area contributed by atoms with E-state index in [1.807, 2.05) is 11.3 Å². The molecule has 0 bridgehead atoms. The van der Waals surface area contributed by atoms with Crippen molar-refractivity contribution in [3.8, 4) is 0 Å². The van der Waals surface area contributed by atoms with Crippen LogP contribution in [0.4, 0.5) is 4.39 Å². The number of hydrogen-bond donors (Lipinski definition) is 0. The van der Waals surface area contributed by atoms with Gasteiger partial charge in [-0.1, -0.05) is 18.2 Å². The number of likely N-dealkylation sites (tertiary alicyclic amines) is 2. The van der Waals surface area contributed by atoms with Gasteiger partial charge in [-0.2, -0.15) is 0 Å². The number of piperidine rings is 1. The molecule has 2 fully saturated rings. The Hall–Kier alpha value is -1.72. The van der Waals surface area contributed by atoms with Crippen LogP contribution in [0.25, 0.3) is 0 Å². The van der Waals surface area contributed by atoms with Gasteiger partial charge in [-0.15, -0.1) is 11.3 Å². The molecule has 0 atom stereocenters. The summed E-state index contributed by atoms with van der Waals surface area (Å²) in [5, 5.41) is 2.13. The van der Waals surface area contributed by atoms with Crippen molar-refractivity contribution in [2.75, 3.05) is 13.1 Å². The number of rotatable bonds is 4. The van der Waals surface area contributed by atoms with E-state index >= 15 is 0 Å². The van der Waals surface area contributed by atoms with Gasteiger partial charge in [0, 0.05) is 43.0 Å². The average molecular weight is 358 g/mol. The van der Waals surface area contributed by atoms with Crippen LogP contribution >= 0.6 is 11.3 Å². The summed E-state index contributed by atoms with van der Waals surface area (Å²) >= 11 is 1.81. The van der Waals surface area contributed by atoms with Crippen LogP contribution < -0.4 is 0 Å². The molecule has 0 unspecified atom stereocenters. The summed E-state index contributed by atoms with van der Waals surface area (Å²) in [6, 6.07) is 10.8. The molecule has 1 spiro atoms. The molecule has 0 aliphatic carbocycles. The number of amides is 1. The average Bonchev–Trinajstić information content (AvgIpc) is 3.23. The van der Waals surface area contributed by atoms with Crippen molar-refractivity contribution in [1.29, 1.82) is 0 Å². The molecule has 3 heterocycles. The third kappa shape index (κ3) is 3.48. The number of hydrogen-bond acceptors (Lipinski definition) is 3. The normalized spacial score (nSPS) is 20.5. The van der Waals surface area contributed by atoms with E-state index in [9.17, 15) is 9.18 Å². The first kappa shape index (κ1) is 16.7. The Morgan fingerprint density at radius 2 is 1.80 bits per heavy atom. The summed E-state index contributed by atoms with van der Waals surface area (Å²) in [5.41, 5.74) is 1.01. The van der Waals surface area contributed by atoms with Gasteiger partial charge in [-0.25, -0.2) is 4.39 Å². The fraction of sp³-hybridized carbons (Fsp3) is 0.450. The molecule has 3 nitrogen and oxygen atoms in total. The molecule has 0 N–H and O–H groups in total. The van der Waals surface area contributed by atoms with E-state index in [1.54, 1.807) is 12.1 Å². The number of carbonyl (C=O) groups is 1. The summed E-state index contributed by atoms with van der Waals surface area (Å²) < 4.78 is 13.1. The van der Waals surface area contributed by atoms with Crippen LogP contribution in [0.3, 0.4) is 0 Å². The molecule has 132 valence electrons. The molecule has 2 aliphatic rings. The molecule has 4 rings (SSSR count). The molecule has 2 aliphatic heterocycles. The first-order valence-corrected chi connectivity index (χ1v) is 9.82. The van der Waals surface area contributed by atoms with Crippen molar-refractivity contribution in [3.05, 3.63) is 58.0 Å². The fourth-order valence-electron chi connectivity index (χ4n) is 4.17. The quantitative estimate of drug-likeness (QED) is 0.823. The molecule has 1 aromatic carbocycles. The topological polar surface area (TPSA) is 23.6 Å². The highest BCUT2D eigenvalue weighted by molar-refractivity contribution is 7.09. The van der Waals surface area contributed by atoms with Crippen molar-refractivity contribution in [1.82, 2.24) is 9.80 Å². The van der Waals surface area contributed by atoms with Crippen molar-refractivity contribution in [2.24, 2.45) is 0 Å². The molecule has 0 saturated carbocycles. The van der Waals surface area contributed by atoms with Crippen LogP contribution in [0.1, 0.15) is 36.1 Å². The number of carbonyl (C=O) groups excluding carboxylic acids is 1. The lowest BCUT2D eigenvalue weighted by molar-refractivity contribution is -0.133. The third-order valence-corrected chi connectivity index (χ3v) is 6.54. The summed E-state index contributed by atoms with van der Waals surface area (Å²) in [5.74, 6) is 0.0177. The van der Waals surface area contributed by atoms with Crippen LogP contribution in [0.2, 0.25) is 0 Å². The van der Waals surface area contributed by atoms with Gasteiger partial charge in [-0.3, -0.25) is 9.69 Å². The summed E-state index contributed by atoms with van der Waals surface area (Å²) in [6.07, 6.45) is 3.67. The Morgan fingerprint density at radius 3 is 2.48 bits per heavy atom. The summed E-state index contributed by atoms with van der Waals surface area (Å²) in [6.45, 7) is 3.68. The highest BCUT2D eigenvalue weighted by Crippen LogP contribution is 2.40. The summed E-state index contributed by atoms with van der Waals surface area (Å²) in [7, 11) is 0. The van der Waals surface area contributed by atoms with Crippen molar-refractivity contribution >= 4 is 17.2 Å². The summed E-state index contributed by atoms with van der Waals surface area (Å²) in [4.78, 5) is 18.5. The number of nitrogens with zero attached hydrogens (tertiary/aromatic N) is 2. The lowest BCUT2D eigenvalue weighted by atomic mass is 9.84. The second-order valence-electron chi connectivity index (χ2n) is 7.19. The van der Waals surface area contributed by atoms with E-state index < -0.39 is 0 Å². The van der Waals surface area contributed by atoms with Gasteiger partial charge in [0.1, 0.15) is 5.82 Å². The minimum atomic E-state index is -0.229. The standard InChI is InChI=1S/C20H23FN2OS/c21-17-5-3-16(4-6-17)14-23-19(24)7-8-20(23)9-11-22(12-10-20)15-18-2-1-13-25-18/h1-6,13H,7-12,14-15H2. The lowest BCUT2D eigenvalue weighted by Crippen LogP contribution is -2.52. The molecular weight excluding hydrogens is 335 g/mol. The van der Waals surface area contributed by atoms with E-state index in [4.69, 9.17) is 0 Å². The van der Waals surface area contributed by atoms with E-state index in [2.05, 4.69) is 27.3 Å². The Balaban J connectivity index is 1.43. The number of thiophene rings is 1. The van der Waals surface area contributed by atoms with Gasteiger partial charge >= 0.3 is 0 Å². The van der Waals surface area contributed by atoms with E-state index in [0.29, 0.717) is 13.0 Å². The minimum absolute atomic E-state index is 0.00256. The Kier molecular flexibility index (Phi) is 4.61. The van der Waals surface area contributed by atoms with Crippen LogP contribution in [-0.2, 0) is 17.9 Å². The van der Waals surface area contributed by atoms with Crippen LogP contribution in [0.15, 0.2) is 41.8 Å².